The van der Waals surface area contributed by atoms with Crippen molar-refractivity contribution in [1.29, 1.82) is 0 Å². The maximum atomic E-state index is 10.3. The molecule has 0 spiro atoms. The predicted molar refractivity (Wildman–Crippen MR) is 51.7 cm³/mol. The molecular weight excluding hydrogens is 188 g/mol. The van der Waals surface area contributed by atoms with E-state index < -0.39 is 0 Å². The summed E-state index contributed by atoms with van der Waals surface area (Å²) in [7, 11) is 1.79. The molecule has 70 valence electrons. The van der Waals surface area contributed by atoms with Gasteiger partial charge in [-0.05, 0) is 19.2 Å². The lowest BCUT2D eigenvalue weighted by molar-refractivity contribution is -0.108. The molecule has 1 heterocycles. The quantitative estimate of drug-likeness (QED) is 0.748. The van der Waals surface area contributed by atoms with Crippen molar-refractivity contribution < 1.29 is 4.79 Å². The number of carbonyl (C=O) groups excluding carboxylic acids is 1. The molecule has 0 aromatic carbocycles. The van der Waals surface area contributed by atoms with Gasteiger partial charge in [0.25, 0.3) is 0 Å². The number of carbonyl (C=O) groups is 1. The third-order valence-corrected chi connectivity index (χ3v) is 2.02. The Bertz CT molecular complexity index is 291. The van der Waals surface area contributed by atoms with E-state index in [0.717, 1.165) is 12.0 Å². The highest BCUT2D eigenvalue weighted by Crippen LogP contribution is 2.16. The number of nitrogens with zero attached hydrogens (tertiary/aromatic N) is 1. The van der Waals surface area contributed by atoms with E-state index in [4.69, 9.17) is 11.6 Å². The molecule has 1 aromatic rings. The molecule has 0 fully saturated rings. The molecule has 0 radical (unpaired) electrons. The zero-order chi connectivity index (χ0) is 9.68. The van der Waals surface area contributed by atoms with Gasteiger partial charge in [-0.1, -0.05) is 11.6 Å². The summed E-state index contributed by atoms with van der Waals surface area (Å²) in [6, 6.07) is 3.42. The van der Waals surface area contributed by atoms with Gasteiger partial charge >= 0.3 is 0 Å². The average Bonchev–Trinajstić information content (AvgIpc) is 2.14. The highest BCUT2D eigenvalue weighted by Gasteiger charge is 2.09. The molecule has 4 heteroatoms. The number of aromatic nitrogens is 1. The van der Waals surface area contributed by atoms with Gasteiger partial charge in [-0.25, -0.2) is 0 Å². The Morgan fingerprint density at radius 3 is 3.08 bits per heavy atom. The highest BCUT2D eigenvalue weighted by molar-refractivity contribution is 6.30. The second-order valence-corrected chi connectivity index (χ2v) is 3.08. The Labute approximate surface area is 82.1 Å². The van der Waals surface area contributed by atoms with Gasteiger partial charge in [0, 0.05) is 17.6 Å². The Morgan fingerprint density at radius 1 is 1.77 bits per heavy atom. The first-order chi connectivity index (χ1) is 6.27. The minimum atomic E-state index is -0.0452. The fraction of sp³-hybridized carbons (Fsp3) is 0.333. The number of aldehydes is 1. The van der Waals surface area contributed by atoms with E-state index in [-0.39, 0.29) is 6.04 Å². The normalized spacial score (nSPS) is 12.5. The Morgan fingerprint density at radius 2 is 2.54 bits per heavy atom. The summed E-state index contributed by atoms with van der Waals surface area (Å²) in [4.78, 5) is 14.5. The molecule has 0 bridgehead atoms. The maximum absolute atomic E-state index is 10.3. The molecule has 0 saturated carbocycles. The lowest BCUT2D eigenvalue weighted by Crippen LogP contribution is -2.17. The molecular formula is C9H11ClN2O. The number of hydrogen-bond acceptors (Lipinski definition) is 3. The highest BCUT2D eigenvalue weighted by atomic mass is 35.5. The van der Waals surface area contributed by atoms with Gasteiger partial charge in [0.1, 0.15) is 6.29 Å². The molecule has 3 nitrogen and oxygen atoms in total. The first-order valence-corrected chi connectivity index (χ1v) is 4.38. The standard InChI is InChI=1S/C9H11ClN2O/c1-11-8(3-5-13)9-6-7(10)2-4-12-9/h2,4-6,8,11H,3H2,1H3/t8-/m0/s1. The van der Waals surface area contributed by atoms with Gasteiger partial charge in [0.15, 0.2) is 0 Å². The third kappa shape index (κ3) is 2.79. The van der Waals surface area contributed by atoms with Gasteiger partial charge in [-0.15, -0.1) is 0 Å². The van der Waals surface area contributed by atoms with E-state index in [1.54, 1.807) is 25.4 Å². The summed E-state index contributed by atoms with van der Waals surface area (Å²) in [5.74, 6) is 0. The summed E-state index contributed by atoms with van der Waals surface area (Å²) in [6.45, 7) is 0. The number of pyridine rings is 1. The van der Waals surface area contributed by atoms with E-state index in [1.165, 1.54) is 0 Å². The van der Waals surface area contributed by atoms with E-state index in [0.29, 0.717) is 11.4 Å². The summed E-state index contributed by atoms with van der Waals surface area (Å²) in [6.07, 6.45) is 2.90. The number of rotatable bonds is 4. The van der Waals surface area contributed by atoms with Gasteiger partial charge in [-0.3, -0.25) is 4.98 Å². The molecule has 1 atom stereocenters. The van der Waals surface area contributed by atoms with Crippen LogP contribution >= 0.6 is 11.6 Å². The van der Waals surface area contributed by atoms with Crippen LogP contribution in [-0.4, -0.2) is 18.3 Å². The van der Waals surface area contributed by atoms with Crippen LogP contribution in [0.3, 0.4) is 0 Å². The predicted octanol–water partition coefficient (Wildman–Crippen LogP) is 1.58. The van der Waals surface area contributed by atoms with Gasteiger partial charge in [0.2, 0.25) is 0 Å². The van der Waals surface area contributed by atoms with Crippen LogP contribution in [0.4, 0.5) is 0 Å². The minimum absolute atomic E-state index is 0.0452. The van der Waals surface area contributed by atoms with Crippen molar-refractivity contribution >= 4 is 17.9 Å². The number of halogens is 1. The fourth-order valence-electron chi connectivity index (χ4n) is 1.09. The van der Waals surface area contributed by atoms with Crippen molar-refractivity contribution in [3.63, 3.8) is 0 Å². The first-order valence-electron chi connectivity index (χ1n) is 4.00. The van der Waals surface area contributed by atoms with Crippen LogP contribution in [0.5, 0.6) is 0 Å². The van der Waals surface area contributed by atoms with Crippen molar-refractivity contribution in [2.75, 3.05) is 7.05 Å². The zero-order valence-corrected chi connectivity index (χ0v) is 8.08. The third-order valence-electron chi connectivity index (χ3n) is 1.78. The zero-order valence-electron chi connectivity index (χ0n) is 7.33. The van der Waals surface area contributed by atoms with Crippen LogP contribution in [0.2, 0.25) is 5.02 Å². The largest absolute Gasteiger partial charge is 0.311 e. The molecule has 0 aliphatic rings. The molecule has 13 heavy (non-hydrogen) atoms. The lowest BCUT2D eigenvalue weighted by Gasteiger charge is -2.11. The molecule has 1 aromatic heterocycles. The van der Waals surface area contributed by atoms with Crippen molar-refractivity contribution in [3.05, 3.63) is 29.0 Å². The second kappa shape index (κ2) is 4.94. The van der Waals surface area contributed by atoms with Gasteiger partial charge < -0.3 is 10.1 Å². The van der Waals surface area contributed by atoms with Crippen LogP contribution in [0.15, 0.2) is 18.3 Å². The smallest absolute Gasteiger partial charge is 0.121 e. The van der Waals surface area contributed by atoms with Crippen molar-refractivity contribution in [3.8, 4) is 0 Å². The van der Waals surface area contributed by atoms with Crippen LogP contribution in [0.1, 0.15) is 18.2 Å². The fourth-order valence-corrected chi connectivity index (χ4v) is 1.26. The monoisotopic (exact) mass is 198 g/mol. The summed E-state index contributed by atoms with van der Waals surface area (Å²) in [5, 5.41) is 3.63. The van der Waals surface area contributed by atoms with Crippen LogP contribution in [-0.2, 0) is 4.79 Å². The molecule has 0 unspecified atom stereocenters. The minimum Gasteiger partial charge on any atom is -0.311 e. The molecule has 0 saturated heterocycles. The molecule has 1 rings (SSSR count). The number of hydrogen-bond donors (Lipinski definition) is 1. The van der Waals surface area contributed by atoms with Gasteiger partial charge in [0.05, 0.1) is 11.7 Å². The average molecular weight is 199 g/mol. The molecule has 0 amide bonds. The lowest BCUT2D eigenvalue weighted by atomic mass is 10.1. The summed E-state index contributed by atoms with van der Waals surface area (Å²) < 4.78 is 0. The topological polar surface area (TPSA) is 42.0 Å². The van der Waals surface area contributed by atoms with Crippen molar-refractivity contribution in [2.45, 2.75) is 12.5 Å². The van der Waals surface area contributed by atoms with Gasteiger partial charge in [-0.2, -0.15) is 0 Å². The SMILES string of the molecule is CN[C@@H](CC=O)c1cc(Cl)ccn1. The first kappa shape index (κ1) is 10.2. The molecule has 1 N–H and O–H groups in total. The van der Waals surface area contributed by atoms with Crippen molar-refractivity contribution in [1.82, 2.24) is 10.3 Å². The van der Waals surface area contributed by atoms with E-state index in [2.05, 4.69) is 10.3 Å². The Hall–Kier alpha value is -0.930. The molecule has 0 aliphatic heterocycles. The Kier molecular flexibility index (Phi) is 3.86. The second-order valence-electron chi connectivity index (χ2n) is 2.64. The van der Waals surface area contributed by atoms with Crippen molar-refractivity contribution in [2.24, 2.45) is 0 Å². The van der Waals surface area contributed by atoms with Crippen LogP contribution in [0, 0.1) is 0 Å². The number of nitrogens with one attached hydrogen (secondary N) is 1. The van der Waals surface area contributed by atoms with E-state index in [9.17, 15) is 4.79 Å². The van der Waals surface area contributed by atoms with Crippen LogP contribution in [0.25, 0.3) is 0 Å². The summed E-state index contributed by atoms with van der Waals surface area (Å²) in [5.41, 5.74) is 0.794. The Balaban J connectivity index is 2.84. The summed E-state index contributed by atoms with van der Waals surface area (Å²) >= 11 is 5.79. The maximum Gasteiger partial charge on any atom is 0.121 e. The molecule has 0 aliphatic carbocycles. The van der Waals surface area contributed by atoms with E-state index >= 15 is 0 Å². The van der Waals surface area contributed by atoms with E-state index in [1.807, 2.05) is 0 Å². The van der Waals surface area contributed by atoms with Crippen LogP contribution < -0.4 is 5.32 Å².